The SMILES string of the molecule is O=C1OC[C@H](Cc2ccccc2)[C@@]1(O)Cc1ccccc1. The molecule has 2 aromatic carbocycles. The molecule has 0 bridgehead atoms. The summed E-state index contributed by atoms with van der Waals surface area (Å²) in [5.74, 6) is -0.722. The standard InChI is InChI=1S/C18H18O3/c19-17-18(20,12-15-9-5-2-6-10-15)16(13-21-17)11-14-7-3-1-4-8-14/h1-10,16,20H,11-13H2/t16-,18-/m0/s1. The topological polar surface area (TPSA) is 46.5 Å². The van der Waals surface area contributed by atoms with Crippen LogP contribution in [0.5, 0.6) is 0 Å². The van der Waals surface area contributed by atoms with E-state index in [2.05, 4.69) is 0 Å². The number of hydrogen-bond donors (Lipinski definition) is 1. The Bertz CT molecular complexity index is 609. The van der Waals surface area contributed by atoms with Crippen LogP contribution in [0.4, 0.5) is 0 Å². The van der Waals surface area contributed by atoms with E-state index in [1.807, 2.05) is 60.7 Å². The van der Waals surface area contributed by atoms with Crippen molar-refractivity contribution in [3.05, 3.63) is 71.8 Å². The molecular weight excluding hydrogens is 264 g/mol. The summed E-state index contributed by atoms with van der Waals surface area (Å²) in [5, 5.41) is 10.9. The van der Waals surface area contributed by atoms with Gasteiger partial charge in [-0.3, -0.25) is 0 Å². The monoisotopic (exact) mass is 282 g/mol. The predicted octanol–water partition coefficient (Wildman–Crippen LogP) is 2.38. The lowest BCUT2D eigenvalue weighted by molar-refractivity contribution is -0.154. The highest BCUT2D eigenvalue weighted by molar-refractivity contribution is 5.82. The Kier molecular flexibility index (Phi) is 3.76. The molecular formula is C18H18O3. The van der Waals surface area contributed by atoms with E-state index in [0.717, 1.165) is 11.1 Å². The van der Waals surface area contributed by atoms with Crippen LogP contribution >= 0.6 is 0 Å². The summed E-state index contributed by atoms with van der Waals surface area (Å²) in [5.41, 5.74) is 0.612. The first-order valence-electron chi connectivity index (χ1n) is 7.16. The van der Waals surface area contributed by atoms with Gasteiger partial charge in [-0.2, -0.15) is 0 Å². The van der Waals surface area contributed by atoms with Crippen LogP contribution in [-0.4, -0.2) is 23.3 Å². The quantitative estimate of drug-likeness (QED) is 0.876. The van der Waals surface area contributed by atoms with Crippen LogP contribution in [0, 0.1) is 5.92 Å². The van der Waals surface area contributed by atoms with Gasteiger partial charge in [0.15, 0.2) is 5.60 Å². The Balaban J connectivity index is 1.81. The highest BCUT2D eigenvalue weighted by Gasteiger charge is 2.50. The first-order valence-corrected chi connectivity index (χ1v) is 7.16. The number of ether oxygens (including phenoxy) is 1. The number of cyclic esters (lactones) is 1. The minimum Gasteiger partial charge on any atom is -0.463 e. The number of hydrogen-bond acceptors (Lipinski definition) is 3. The molecule has 21 heavy (non-hydrogen) atoms. The molecule has 0 amide bonds. The van der Waals surface area contributed by atoms with Gasteiger partial charge in [0.2, 0.25) is 0 Å². The zero-order valence-corrected chi connectivity index (χ0v) is 11.7. The molecule has 1 fully saturated rings. The van der Waals surface area contributed by atoms with E-state index in [-0.39, 0.29) is 12.5 Å². The van der Waals surface area contributed by atoms with Crippen molar-refractivity contribution in [3.63, 3.8) is 0 Å². The van der Waals surface area contributed by atoms with Gasteiger partial charge in [-0.1, -0.05) is 60.7 Å². The molecule has 1 N–H and O–H groups in total. The second-order valence-electron chi connectivity index (χ2n) is 5.57. The number of aliphatic hydroxyl groups is 1. The van der Waals surface area contributed by atoms with Gasteiger partial charge in [0.1, 0.15) is 0 Å². The normalized spacial score (nSPS) is 24.8. The number of benzene rings is 2. The van der Waals surface area contributed by atoms with Crippen molar-refractivity contribution in [3.8, 4) is 0 Å². The molecule has 0 spiro atoms. The number of carbonyl (C=O) groups excluding carboxylic acids is 1. The molecule has 1 aliphatic rings. The van der Waals surface area contributed by atoms with Crippen molar-refractivity contribution < 1.29 is 14.6 Å². The van der Waals surface area contributed by atoms with Crippen molar-refractivity contribution in [1.29, 1.82) is 0 Å². The second-order valence-corrected chi connectivity index (χ2v) is 5.57. The fraction of sp³-hybridized carbons (Fsp3) is 0.278. The van der Waals surface area contributed by atoms with E-state index in [1.54, 1.807) is 0 Å². The Morgan fingerprint density at radius 2 is 1.57 bits per heavy atom. The van der Waals surface area contributed by atoms with Gasteiger partial charge < -0.3 is 9.84 Å². The number of esters is 1. The average molecular weight is 282 g/mol. The van der Waals surface area contributed by atoms with E-state index in [9.17, 15) is 9.90 Å². The maximum atomic E-state index is 12.0. The molecule has 1 saturated heterocycles. The third-order valence-corrected chi connectivity index (χ3v) is 4.09. The number of carbonyl (C=O) groups is 1. The summed E-state index contributed by atoms with van der Waals surface area (Å²) in [6.07, 6.45) is 0.931. The highest BCUT2D eigenvalue weighted by Crippen LogP contribution is 2.33. The molecule has 1 aliphatic heterocycles. The van der Waals surface area contributed by atoms with E-state index < -0.39 is 11.6 Å². The van der Waals surface area contributed by atoms with Crippen LogP contribution < -0.4 is 0 Å². The van der Waals surface area contributed by atoms with Crippen LogP contribution in [0.15, 0.2) is 60.7 Å². The lowest BCUT2D eigenvalue weighted by Gasteiger charge is -2.25. The predicted molar refractivity (Wildman–Crippen MR) is 79.7 cm³/mol. The molecule has 3 rings (SSSR count). The fourth-order valence-corrected chi connectivity index (χ4v) is 2.86. The number of rotatable bonds is 4. The Morgan fingerprint density at radius 1 is 1.00 bits per heavy atom. The van der Waals surface area contributed by atoms with E-state index >= 15 is 0 Å². The van der Waals surface area contributed by atoms with Gasteiger partial charge in [0.25, 0.3) is 0 Å². The Hall–Kier alpha value is -2.13. The summed E-state index contributed by atoms with van der Waals surface area (Å²) in [7, 11) is 0. The molecule has 3 nitrogen and oxygen atoms in total. The highest BCUT2D eigenvalue weighted by atomic mass is 16.6. The Morgan fingerprint density at radius 3 is 2.19 bits per heavy atom. The van der Waals surface area contributed by atoms with Gasteiger partial charge in [-0.15, -0.1) is 0 Å². The minimum absolute atomic E-state index is 0.215. The maximum absolute atomic E-state index is 12.0. The Labute approximate surface area is 124 Å². The summed E-state index contributed by atoms with van der Waals surface area (Å²) >= 11 is 0. The van der Waals surface area contributed by atoms with Gasteiger partial charge in [0.05, 0.1) is 6.61 Å². The summed E-state index contributed by atoms with van der Waals surface area (Å²) < 4.78 is 5.14. The molecule has 0 unspecified atom stereocenters. The first-order chi connectivity index (χ1) is 10.2. The molecule has 108 valence electrons. The zero-order valence-electron chi connectivity index (χ0n) is 11.7. The summed E-state index contributed by atoms with van der Waals surface area (Å²) in [6, 6.07) is 19.5. The largest absolute Gasteiger partial charge is 0.463 e. The van der Waals surface area contributed by atoms with Crippen LogP contribution in [0.25, 0.3) is 0 Å². The smallest absolute Gasteiger partial charge is 0.338 e. The van der Waals surface area contributed by atoms with Gasteiger partial charge in [0, 0.05) is 12.3 Å². The third-order valence-electron chi connectivity index (χ3n) is 4.09. The first kappa shape index (κ1) is 13.8. The maximum Gasteiger partial charge on any atom is 0.338 e. The van der Waals surface area contributed by atoms with E-state index in [0.29, 0.717) is 12.8 Å². The molecule has 3 heteroatoms. The van der Waals surface area contributed by atoms with Crippen LogP contribution in [0.2, 0.25) is 0 Å². The van der Waals surface area contributed by atoms with Crippen molar-refractivity contribution in [1.82, 2.24) is 0 Å². The summed E-state index contributed by atoms with van der Waals surface area (Å²) in [4.78, 5) is 12.0. The average Bonchev–Trinajstić information content (AvgIpc) is 2.78. The molecule has 0 aliphatic carbocycles. The minimum atomic E-state index is -1.43. The van der Waals surface area contributed by atoms with Crippen LogP contribution in [-0.2, 0) is 22.4 Å². The molecule has 2 aromatic rings. The van der Waals surface area contributed by atoms with E-state index in [1.165, 1.54) is 0 Å². The van der Waals surface area contributed by atoms with E-state index in [4.69, 9.17) is 4.74 Å². The lowest BCUT2D eigenvalue weighted by Crippen LogP contribution is -2.44. The van der Waals surface area contributed by atoms with Gasteiger partial charge in [-0.25, -0.2) is 4.79 Å². The molecule has 1 heterocycles. The van der Waals surface area contributed by atoms with Crippen molar-refractivity contribution in [2.45, 2.75) is 18.4 Å². The molecule has 0 radical (unpaired) electrons. The molecule has 2 atom stereocenters. The third kappa shape index (κ3) is 2.83. The lowest BCUT2D eigenvalue weighted by atomic mass is 9.81. The molecule has 0 saturated carbocycles. The molecule has 0 aromatic heterocycles. The van der Waals surface area contributed by atoms with Crippen LogP contribution in [0.3, 0.4) is 0 Å². The summed E-state index contributed by atoms with van der Waals surface area (Å²) in [6.45, 7) is 0.275. The van der Waals surface area contributed by atoms with Crippen molar-refractivity contribution in [2.24, 2.45) is 5.92 Å². The van der Waals surface area contributed by atoms with Crippen molar-refractivity contribution >= 4 is 5.97 Å². The fourth-order valence-electron chi connectivity index (χ4n) is 2.86. The van der Waals surface area contributed by atoms with Crippen LogP contribution in [0.1, 0.15) is 11.1 Å². The van der Waals surface area contributed by atoms with Gasteiger partial charge >= 0.3 is 5.97 Å². The van der Waals surface area contributed by atoms with Gasteiger partial charge in [-0.05, 0) is 17.5 Å². The van der Waals surface area contributed by atoms with Crippen molar-refractivity contribution in [2.75, 3.05) is 6.61 Å². The second kappa shape index (κ2) is 5.70. The zero-order chi connectivity index (χ0) is 14.7.